The first kappa shape index (κ1) is 20.3. The van der Waals surface area contributed by atoms with Crippen LogP contribution in [0.3, 0.4) is 0 Å². The smallest absolute Gasteiger partial charge is 0.289 e. The number of carbonyl (C=O) groups excluding carboxylic acids is 2. The Morgan fingerprint density at radius 1 is 1.32 bits per heavy atom. The number of morpholine rings is 1. The van der Waals surface area contributed by atoms with Crippen LogP contribution in [-0.4, -0.2) is 49.7 Å². The van der Waals surface area contributed by atoms with Gasteiger partial charge in [0.1, 0.15) is 17.3 Å². The van der Waals surface area contributed by atoms with Crippen LogP contribution in [0.15, 0.2) is 23.6 Å². The van der Waals surface area contributed by atoms with Gasteiger partial charge in [0.25, 0.3) is 5.91 Å². The van der Waals surface area contributed by atoms with E-state index in [2.05, 4.69) is 15.8 Å². The van der Waals surface area contributed by atoms with Crippen molar-refractivity contribution in [3.05, 3.63) is 40.1 Å². The van der Waals surface area contributed by atoms with Gasteiger partial charge in [-0.25, -0.2) is 9.37 Å². The van der Waals surface area contributed by atoms with Gasteiger partial charge in [0, 0.05) is 18.5 Å². The highest BCUT2D eigenvalue weighted by atomic mass is 35.5. The monoisotopic (exact) mass is 428 g/mol. The molecule has 3 rings (SSSR count). The van der Waals surface area contributed by atoms with Gasteiger partial charge in [0.05, 0.1) is 31.3 Å². The number of nitrogens with one attached hydrogen (secondary N) is 2. The molecule has 1 aromatic carbocycles. The van der Waals surface area contributed by atoms with Crippen LogP contribution in [-0.2, 0) is 9.53 Å². The Morgan fingerprint density at radius 2 is 2.11 bits per heavy atom. The molecule has 1 fully saturated rings. The summed E-state index contributed by atoms with van der Waals surface area (Å²) in [5.74, 6) is -1.16. The number of ether oxygens (including phenoxy) is 2. The summed E-state index contributed by atoms with van der Waals surface area (Å²) >= 11 is 7.19. The maximum atomic E-state index is 13.0. The van der Waals surface area contributed by atoms with E-state index in [1.54, 1.807) is 5.38 Å². The SMILES string of the molecule is O=C(CCOc1ccc(F)cc1Cl)NNC(=O)c1csc(N2CCOCC2)n1. The Hall–Kier alpha value is -2.43. The molecule has 0 saturated carbocycles. The molecule has 0 spiro atoms. The third-order valence-corrected chi connectivity index (χ3v) is 5.00. The number of thiazole rings is 1. The fourth-order valence-electron chi connectivity index (χ4n) is 2.37. The summed E-state index contributed by atoms with van der Waals surface area (Å²) in [5, 5.41) is 2.49. The molecule has 1 aliphatic heterocycles. The number of hydrogen-bond donors (Lipinski definition) is 2. The molecule has 2 heterocycles. The van der Waals surface area contributed by atoms with Crippen LogP contribution in [0.4, 0.5) is 9.52 Å². The zero-order chi connectivity index (χ0) is 19.9. The van der Waals surface area contributed by atoms with Crippen molar-refractivity contribution in [3.8, 4) is 5.75 Å². The van der Waals surface area contributed by atoms with E-state index in [1.165, 1.54) is 23.5 Å². The van der Waals surface area contributed by atoms with Crippen molar-refractivity contribution >= 4 is 39.9 Å². The molecular weight excluding hydrogens is 411 g/mol. The largest absolute Gasteiger partial charge is 0.491 e. The summed E-state index contributed by atoms with van der Waals surface area (Å²) in [5.41, 5.74) is 4.84. The highest BCUT2D eigenvalue weighted by molar-refractivity contribution is 7.13. The summed E-state index contributed by atoms with van der Waals surface area (Å²) in [6.07, 6.45) is -0.0237. The first-order valence-electron chi connectivity index (χ1n) is 8.48. The summed E-state index contributed by atoms with van der Waals surface area (Å²) in [6, 6.07) is 3.71. The molecule has 0 radical (unpaired) electrons. The standard InChI is InChI=1S/C17H18ClFN4O4S/c18-12-9-11(19)1-2-14(12)27-6-3-15(24)21-22-16(25)13-10-28-17(20-13)23-4-7-26-8-5-23/h1-2,9-10H,3-8H2,(H,21,24)(H,22,25). The van der Waals surface area contributed by atoms with E-state index in [-0.39, 0.29) is 29.5 Å². The highest BCUT2D eigenvalue weighted by Crippen LogP contribution is 2.25. The summed E-state index contributed by atoms with van der Waals surface area (Å²) < 4.78 is 23.6. The van der Waals surface area contributed by atoms with Crippen molar-refractivity contribution in [2.24, 2.45) is 0 Å². The molecule has 1 saturated heterocycles. The number of nitrogens with zero attached hydrogens (tertiary/aromatic N) is 2. The van der Waals surface area contributed by atoms with Crippen molar-refractivity contribution in [3.63, 3.8) is 0 Å². The lowest BCUT2D eigenvalue weighted by molar-refractivity contribution is -0.122. The minimum absolute atomic E-state index is 0.0188. The highest BCUT2D eigenvalue weighted by Gasteiger charge is 2.17. The molecule has 2 aromatic rings. The van der Waals surface area contributed by atoms with Gasteiger partial charge in [-0.15, -0.1) is 11.3 Å². The van der Waals surface area contributed by atoms with Gasteiger partial charge in [0.2, 0.25) is 5.91 Å². The van der Waals surface area contributed by atoms with Crippen molar-refractivity contribution in [2.45, 2.75) is 6.42 Å². The average Bonchev–Trinajstić information content (AvgIpc) is 3.19. The maximum absolute atomic E-state index is 13.0. The molecule has 28 heavy (non-hydrogen) atoms. The quantitative estimate of drug-likeness (QED) is 0.684. The first-order valence-corrected chi connectivity index (χ1v) is 9.74. The summed E-state index contributed by atoms with van der Waals surface area (Å²) in [7, 11) is 0. The van der Waals surface area contributed by atoms with Gasteiger partial charge in [-0.1, -0.05) is 11.6 Å². The van der Waals surface area contributed by atoms with E-state index in [0.717, 1.165) is 24.3 Å². The normalized spacial score (nSPS) is 13.9. The number of aromatic nitrogens is 1. The fourth-order valence-corrected chi connectivity index (χ4v) is 3.45. The molecule has 150 valence electrons. The van der Waals surface area contributed by atoms with E-state index >= 15 is 0 Å². The van der Waals surface area contributed by atoms with Gasteiger partial charge in [0.15, 0.2) is 5.13 Å². The Bertz CT molecular complexity index is 844. The molecule has 0 atom stereocenters. The topological polar surface area (TPSA) is 92.8 Å². The molecular formula is C17H18ClFN4O4S. The van der Waals surface area contributed by atoms with Crippen LogP contribution in [0.25, 0.3) is 0 Å². The predicted molar refractivity (Wildman–Crippen MR) is 102 cm³/mol. The molecule has 0 bridgehead atoms. The van der Waals surface area contributed by atoms with E-state index in [1.807, 2.05) is 4.90 Å². The molecule has 1 aromatic heterocycles. The Kier molecular flexibility index (Phi) is 7.01. The fraction of sp³-hybridized carbons (Fsp3) is 0.353. The lowest BCUT2D eigenvalue weighted by Crippen LogP contribution is -2.42. The van der Waals surface area contributed by atoms with Crippen molar-refractivity contribution in [1.82, 2.24) is 15.8 Å². The molecule has 8 nitrogen and oxygen atoms in total. The second kappa shape index (κ2) is 9.67. The minimum atomic E-state index is -0.508. The second-order valence-electron chi connectivity index (χ2n) is 5.79. The first-order chi connectivity index (χ1) is 13.5. The predicted octanol–water partition coefficient (Wildman–Crippen LogP) is 2.00. The third-order valence-electron chi connectivity index (χ3n) is 3.80. The van der Waals surface area contributed by atoms with E-state index in [4.69, 9.17) is 21.1 Å². The average molecular weight is 429 g/mol. The van der Waals surface area contributed by atoms with Gasteiger partial charge in [-0.2, -0.15) is 0 Å². The lowest BCUT2D eigenvalue weighted by Gasteiger charge is -2.25. The van der Waals surface area contributed by atoms with Crippen LogP contribution in [0.1, 0.15) is 16.9 Å². The number of halogens is 2. The minimum Gasteiger partial charge on any atom is -0.491 e. The zero-order valence-electron chi connectivity index (χ0n) is 14.7. The number of hydrogen-bond acceptors (Lipinski definition) is 7. The van der Waals surface area contributed by atoms with Crippen molar-refractivity contribution in [1.29, 1.82) is 0 Å². The molecule has 0 unspecified atom stereocenters. The van der Waals surface area contributed by atoms with Gasteiger partial charge in [-0.05, 0) is 18.2 Å². The Balaban J connectivity index is 1.40. The van der Waals surface area contributed by atoms with E-state index in [0.29, 0.717) is 13.2 Å². The molecule has 0 aliphatic carbocycles. The Labute approximate surface area is 169 Å². The van der Waals surface area contributed by atoms with Crippen LogP contribution < -0.4 is 20.5 Å². The van der Waals surface area contributed by atoms with Crippen LogP contribution in [0.2, 0.25) is 5.02 Å². The zero-order valence-corrected chi connectivity index (χ0v) is 16.3. The molecule has 2 N–H and O–H groups in total. The van der Waals surface area contributed by atoms with Crippen LogP contribution in [0.5, 0.6) is 5.75 Å². The van der Waals surface area contributed by atoms with Crippen molar-refractivity contribution in [2.75, 3.05) is 37.8 Å². The molecule has 1 aliphatic rings. The number of rotatable bonds is 6. The van der Waals surface area contributed by atoms with Crippen LogP contribution in [0, 0.1) is 5.82 Å². The number of hydrazine groups is 1. The van der Waals surface area contributed by atoms with Gasteiger partial charge < -0.3 is 14.4 Å². The van der Waals surface area contributed by atoms with Crippen molar-refractivity contribution < 1.29 is 23.5 Å². The van der Waals surface area contributed by atoms with E-state index < -0.39 is 17.6 Å². The number of amides is 2. The Morgan fingerprint density at radius 3 is 2.86 bits per heavy atom. The summed E-state index contributed by atoms with van der Waals surface area (Å²) in [4.78, 5) is 30.3. The lowest BCUT2D eigenvalue weighted by atomic mass is 10.3. The van der Waals surface area contributed by atoms with Gasteiger partial charge in [-0.3, -0.25) is 20.4 Å². The summed E-state index contributed by atoms with van der Waals surface area (Å²) in [6.45, 7) is 2.72. The third kappa shape index (κ3) is 5.54. The van der Waals surface area contributed by atoms with E-state index in [9.17, 15) is 14.0 Å². The maximum Gasteiger partial charge on any atom is 0.289 e. The molecule has 2 amide bonds. The van der Waals surface area contributed by atoms with Gasteiger partial charge >= 0.3 is 0 Å². The number of anilines is 1. The molecule has 11 heteroatoms. The van der Waals surface area contributed by atoms with Crippen LogP contribution >= 0.6 is 22.9 Å². The second-order valence-corrected chi connectivity index (χ2v) is 7.03. The number of carbonyl (C=O) groups is 2. The number of benzene rings is 1.